The number of ether oxygens (including phenoxy) is 1. The Balaban J connectivity index is 2.03. The summed E-state index contributed by atoms with van der Waals surface area (Å²) in [5, 5.41) is 11.2. The summed E-state index contributed by atoms with van der Waals surface area (Å²) in [6.45, 7) is 1.83. The van der Waals surface area contributed by atoms with Crippen molar-refractivity contribution in [2.45, 2.75) is 32.1 Å². The molecule has 92 valence electrons. The summed E-state index contributed by atoms with van der Waals surface area (Å²) in [6, 6.07) is 0. The van der Waals surface area contributed by atoms with Gasteiger partial charge in [-0.3, -0.25) is 9.59 Å². The van der Waals surface area contributed by atoms with E-state index in [1.165, 1.54) is 0 Å². The Morgan fingerprint density at radius 3 is 2.81 bits per heavy atom. The molecule has 1 aliphatic heterocycles. The molecule has 16 heavy (non-hydrogen) atoms. The smallest absolute Gasteiger partial charge is 0.303 e. The van der Waals surface area contributed by atoms with Gasteiger partial charge in [0.1, 0.15) is 0 Å². The number of hydrogen-bond acceptors (Lipinski definition) is 3. The highest BCUT2D eigenvalue weighted by molar-refractivity contribution is 5.78. The molecule has 1 aliphatic rings. The van der Waals surface area contributed by atoms with Crippen molar-refractivity contribution in [3.05, 3.63) is 0 Å². The monoisotopic (exact) mass is 229 g/mol. The minimum Gasteiger partial charge on any atom is -0.481 e. The van der Waals surface area contributed by atoms with Crippen molar-refractivity contribution in [1.82, 2.24) is 5.32 Å². The molecule has 0 saturated carbocycles. The van der Waals surface area contributed by atoms with Crippen molar-refractivity contribution in [2.24, 2.45) is 5.92 Å². The average Bonchev–Trinajstić information content (AvgIpc) is 2.29. The molecule has 5 heteroatoms. The number of carboxylic acids is 1. The van der Waals surface area contributed by atoms with Crippen molar-refractivity contribution >= 4 is 11.9 Å². The van der Waals surface area contributed by atoms with Crippen LogP contribution in [0.3, 0.4) is 0 Å². The van der Waals surface area contributed by atoms with Gasteiger partial charge in [0.25, 0.3) is 0 Å². The third kappa shape index (κ3) is 5.11. The molecule has 0 aromatic heterocycles. The Morgan fingerprint density at radius 2 is 2.19 bits per heavy atom. The zero-order valence-electron chi connectivity index (χ0n) is 9.41. The number of rotatable bonds is 6. The maximum atomic E-state index is 11.6. The second-order valence-corrected chi connectivity index (χ2v) is 4.06. The van der Waals surface area contributed by atoms with Gasteiger partial charge in [-0.05, 0) is 25.7 Å². The molecule has 1 fully saturated rings. The number of amides is 1. The van der Waals surface area contributed by atoms with E-state index < -0.39 is 5.97 Å². The molecule has 5 nitrogen and oxygen atoms in total. The van der Waals surface area contributed by atoms with Gasteiger partial charge in [-0.2, -0.15) is 0 Å². The maximum absolute atomic E-state index is 11.6. The third-order valence-corrected chi connectivity index (χ3v) is 2.65. The van der Waals surface area contributed by atoms with Crippen molar-refractivity contribution in [3.63, 3.8) is 0 Å². The van der Waals surface area contributed by atoms with Gasteiger partial charge in [0.15, 0.2) is 0 Å². The fourth-order valence-corrected chi connectivity index (χ4v) is 1.70. The first-order chi connectivity index (χ1) is 7.70. The average molecular weight is 229 g/mol. The summed E-state index contributed by atoms with van der Waals surface area (Å²) in [7, 11) is 0. The van der Waals surface area contributed by atoms with Crippen molar-refractivity contribution < 1.29 is 19.4 Å². The van der Waals surface area contributed by atoms with Crippen LogP contribution in [-0.2, 0) is 14.3 Å². The van der Waals surface area contributed by atoms with E-state index in [1.807, 2.05) is 0 Å². The topological polar surface area (TPSA) is 75.6 Å². The largest absolute Gasteiger partial charge is 0.481 e. The number of nitrogens with one attached hydrogen (secondary N) is 1. The number of aliphatic carboxylic acids is 1. The molecular formula is C11H19NO4. The molecule has 1 amide bonds. The van der Waals surface area contributed by atoms with E-state index >= 15 is 0 Å². The van der Waals surface area contributed by atoms with Gasteiger partial charge in [0.2, 0.25) is 5.91 Å². The second kappa shape index (κ2) is 7.22. The highest BCUT2D eigenvalue weighted by atomic mass is 16.5. The Labute approximate surface area is 95.2 Å². The Hall–Kier alpha value is -1.10. The number of hydrogen-bond donors (Lipinski definition) is 2. The summed E-state index contributed by atoms with van der Waals surface area (Å²) < 4.78 is 5.22. The van der Waals surface area contributed by atoms with Crippen LogP contribution in [0, 0.1) is 5.92 Å². The van der Waals surface area contributed by atoms with Crippen LogP contribution in [0.1, 0.15) is 32.1 Å². The number of unbranched alkanes of at least 4 members (excludes halogenated alkanes) is 1. The van der Waals surface area contributed by atoms with Gasteiger partial charge in [0.05, 0.1) is 12.5 Å². The summed E-state index contributed by atoms with van der Waals surface area (Å²) in [5.41, 5.74) is 0. The summed E-state index contributed by atoms with van der Waals surface area (Å²) in [6.07, 6.45) is 3.32. The quantitative estimate of drug-likeness (QED) is 0.660. The number of carbonyl (C=O) groups is 2. The first-order valence-corrected chi connectivity index (χ1v) is 5.77. The minimum atomic E-state index is -0.785. The SMILES string of the molecule is O=C(O)CCCCNC(=O)C1CCCOC1. The van der Waals surface area contributed by atoms with E-state index in [-0.39, 0.29) is 18.2 Å². The van der Waals surface area contributed by atoms with Crippen LogP contribution >= 0.6 is 0 Å². The van der Waals surface area contributed by atoms with Gasteiger partial charge >= 0.3 is 5.97 Å². The van der Waals surface area contributed by atoms with Gasteiger partial charge in [-0.15, -0.1) is 0 Å². The Kier molecular flexibility index (Phi) is 5.85. The molecule has 0 spiro atoms. The Bertz CT molecular complexity index is 236. The zero-order chi connectivity index (χ0) is 11.8. The van der Waals surface area contributed by atoms with E-state index in [2.05, 4.69) is 5.32 Å². The third-order valence-electron chi connectivity index (χ3n) is 2.65. The van der Waals surface area contributed by atoms with Crippen LogP contribution in [0.4, 0.5) is 0 Å². The molecule has 2 N–H and O–H groups in total. The molecule has 0 radical (unpaired) electrons. The molecule has 0 bridgehead atoms. The van der Waals surface area contributed by atoms with Crippen LogP contribution in [-0.4, -0.2) is 36.7 Å². The van der Waals surface area contributed by atoms with Crippen LogP contribution in [0.15, 0.2) is 0 Å². The fourth-order valence-electron chi connectivity index (χ4n) is 1.70. The molecule has 1 rings (SSSR count). The molecule has 1 unspecified atom stereocenters. The lowest BCUT2D eigenvalue weighted by Gasteiger charge is -2.21. The second-order valence-electron chi connectivity index (χ2n) is 4.06. The lowest BCUT2D eigenvalue weighted by molar-refractivity contribution is -0.137. The predicted molar refractivity (Wildman–Crippen MR) is 58.0 cm³/mol. The molecule has 1 heterocycles. The van der Waals surface area contributed by atoms with E-state index in [9.17, 15) is 9.59 Å². The molecule has 0 aromatic rings. The molecule has 1 atom stereocenters. The highest BCUT2D eigenvalue weighted by Gasteiger charge is 2.20. The van der Waals surface area contributed by atoms with Gasteiger partial charge in [-0.25, -0.2) is 0 Å². The van der Waals surface area contributed by atoms with Crippen molar-refractivity contribution in [2.75, 3.05) is 19.8 Å². The van der Waals surface area contributed by atoms with Gasteiger partial charge < -0.3 is 15.2 Å². The van der Waals surface area contributed by atoms with Crippen LogP contribution in [0.2, 0.25) is 0 Å². The van der Waals surface area contributed by atoms with E-state index in [0.29, 0.717) is 26.0 Å². The molecular weight excluding hydrogens is 210 g/mol. The van der Waals surface area contributed by atoms with Crippen LogP contribution in [0.25, 0.3) is 0 Å². The Morgan fingerprint density at radius 1 is 1.38 bits per heavy atom. The molecule has 0 aliphatic carbocycles. The normalized spacial score (nSPS) is 20.4. The maximum Gasteiger partial charge on any atom is 0.303 e. The summed E-state index contributed by atoms with van der Waals surface area (Å²) in [4.78, 5) is 21.8. The minimum absolute atomic E-state index is 0.0202. The van der Waals surface area contributed by atoms with E-state index in [4.69, 9.17) is 9.84 Å². The first kappa shape index (κ1) is 13.0. The van der Waals surface area contributed by atoms with Crippen molar-refractivity contribution in [3.8, 4) is 0 Å². The zero-order valence-corrected chi connectivity index (χ0v) is 9.41. The van der Waals surface area contributed by atoms with Crippen LogP contribution < -0.4 is 5.32 Å². The van der Waals surface area contributed by atoms with Crippen molar-refractivity contribution in [1.29, 1.82) is 0 Å². The van der Waals surface area contributed by atoms with Gasteiger partial charge in [0, 0.05) is 19.6 Å². The summed E-state index contributed by atoms with van der Waals surface area (Å²) >= 11 is 0. The van der Waals surface area contributed by atoms with E-state index in [0.717, 1.165) is 19.4 Å². The number of carbonyl (C=O) groups excluding carboxylic acids is 1. The fraction of sp³-hybridized carbons (Fsp3) is 0.818. The lowest BCUT2D eigenvalue weighted by atomic mass is 10.0. The highest BCUT2D eigenvalue weighted by Crippen LogP contribution is 2.13. The predicted octanol–water partition coefficient (Wildman–Crippen LogP) is 0.784. The molecule has 1 saturated heterocycles. The number of carboxylic acid groups (broad SMARTS) is 1. The van der Waals surface area contributed by atoms with E-state index in [1.54, 1.807) is 0 Å². The standard InChI is InChI=1S/C11H19NO4/c13-10(14)5-1-2-6-12-11(15)9-4-3-7-16-8-9/h9H,1-8H2,(H,12,15)(H,13,14). The molecule has 0 aromatic carbocycles. The van der Waals surface area contributed by atoms with Gasteiger partial charge in [-0.1, -0.05) is 0 Å². The summed E-state index contributed by atoms with van der Waals surface area (Å²) in [5.74, 6) is -0.768. The first-order valence-electron chi connectivity index (χ1n) is 5.77. The lowest BCUT2D eigenvalue weighted by Crippen LogP contribution is -2.36. The van der Waals surface area contributed by atoms with Crippen LogP contribution in [0.5, 0.6) is 0 Å².